The highest BCUT2D eigenvalue weighted by molar-refractivity contribution is 7.10. The van der Waals surface area contributed by atoms with Gasteiger partial charge >= 0.3 is 6.01 Å². The molecule has 1 aliphatic rings. The number of H-pyrrole nitrogens is 1. The van der Waals surface area contributed by atoms with Gasteiger partial charge in [-0.25, -0.2) is 0 Å². The number of ether oxygens (including phenoxy) is 1. The van der Waals surface area contributed by atoms with Crippen LogP contribution in [0, 0.1) is 5.41 Å². The molecule has 3 aromatic rings. The van der Waals surface area contributed by atoms with Gasteiger partial charge in [0.1, 0.15) is 5.75 Å². The number of nitrogens with zero attached hydrogens (tertiary/aromatic N) is 3. The Morgan fingerprint density at radius 1 is 1.28 bits per heavy atom. The monoisotopic (exact) mass is 355 g/mol. The lowest BCUT2D eigenvalue weighted by Gasteiger charge is -2.19. The number of tetrazole rings is 1. The number of thiophene rings is 1. The molecular formula is C17H17N5O2S. The van der Waals surface area contributed by atoms with E-state index in [1.807, 2.05) is 17.5 Å². The number of aromatic nitrogens is 4. The first kappa shape index (κ1) is 15.8. The molecule has 0 aliphatic heterocycles. The van der Waals surface area contributed by atoms with Crippen molar-refractivity contribution in [1.29, 1.82) is 0 Å². The lowest BCUT2D eigenvalue weighted by Crippen LogP contribution is -2.31. The zero-order valence-electron chi connectivity index (χ0n) is 13.8. The summed E-state index contributed by atoms with van der Waals surface area (Å²) in [6.45, 7) is 4.27. The number of carbonyl (C=O) groups excluding carboxylic acids is 1. The van der Waals surface area contributed by atoms with Gasteiger partial charge in [0.2, 0.25) is 5.91 Å². The third-order valence-corrected chi connectivity index (χ3v) is 5.75. The molecule has 1 aromatic carbocycles. The quantitative estimate of drug-likeness (QED) is 0.732. The summed E-state index contributed by atoms with van der Waals surface area (Å²) >= 11 is 1.63. The standard InChI is InChI=1S/C17H17N5O2S/c1-16(2)10-17(16,13-4-3-9-25-13)14(23)18-11-5-7-12(8-6-11)24-15-19-21-22-20-15/h3-9H,10H2,1-2H3,(H,18,23)(H,19,20,21,22). The molecule has 1 unspecified atom stereocenters. The molecule has 1 atom stereocenters. The highest BCUT2D eigenvalue weighted by Gasteiger charge is 2.67. The molecule has 4 rings (SSSR count). The van der Waals surface area contributed by atoms with E-state index in [4.69, 9.17) is 4.74 Å². The maximum atomic E-state index is 13.0. The van der Waals surface area contributed by atoms with Gasteiger partial charge in [0.05, 0.1) is 5.41 Å². The molecule has 0 radical (unpaired) electrons. The van der Waals surface area contributed by atoms with Crippen LogP contribution in [0.3, 0.4) is 0 Å². The number of nitrogens with one attached hydrogen (secondary N) is 2. The Morgan fingerprint density at radius 3 is 2.60 bits per heavy atom. The number of amides is 1. The van der Waals surface area contributed by atoms with Crippen molar-refractivity contribution in [2.75, 3.05) is 5.32 Å². The van der Waals surface area contributed by atoms with Crippen LogP contribution in [0.5, 0.6) is 11.8 Å². The smallest absolute Gasteiger partial charge is 0.361 e. The predicted octanol–water partition coefficient (Wildman–Crippen LogP) is 3.36. The van der Waals surface area contributed by atoms with Crippen molar-refractivity contribution in [1.82, 2.24) is 20.6 Å². The number of benzene rings is 1. The van der Waals surface area contributed by atoms with Crippen LogP contribution in [0.2, 0.25) is 0 Å². The van der Waals surface area contributed by atoms with Crippen molar-refractivity contribution in [2.45, 2.75) is 25.7 Å². The minimum Gasteiger partial charge on any atom is -0.422 e. The van der Waals surface area contributed by atoms with E-state index in [1.54, 1.807) is 35.6 Å². The van der Waals surface area contributed by atoms with Crippen LogP contribution in [0.25, 0.3) is 0 Å². The van der Waals surface area contributed by atoms with Crippen LogP contribution in [-0.2, 0) is 10.2 Å². The van der Waals surface area contributed by atoms with E-state index in [9.17, 15) is 4.79 Å². The summed E-state index contributed by atoms with van der Waals surface area (Å²) in [5.74, 6) is 0.603. The van der Waals surface area contributed by atoms with E-state index >= 15 is 0 Å². The third-order valence-electron chi connectivity index (χ3n) is 4.71. The maximum absolute atomic E-state index is 13.0. The van der Waals surface area contributed by atoms with Crippen molar-refractivity contribution in [3.8, 4) is 11.8 Å². The summed E-state index contributed by atoms with van der Waals surface area (Å²) in [5, 5.41) is 18.3. The van der Waals surface area contributed by atoms with Crippen LogP contribution < -0.4 is 10.1 Å². The van der Waals surface area contributed by atoms with Crippen LogP contribution in [0.4, 0.5) is 5.69 Å². The molecule has 1 aliphatic carbocycles. The topological polar surface area (TPSA) is 92.8 Å². The molecule has 2 aromatic heterocycles. The SMILES string of the molecule is CC1(C)CC1(C(=O)Nc1ccc(Oc2nn[nH]n2)cc1)c1cccs1. The maximum Gasteiger partial charge on any atom is 0.361 e. The number of rotatable bonds is 5. The average molecular weight is 355 g/mol. The fourth-order valence-corrected chi connectivity index (χ4v) is 4.31. The molecule has 7 nitrogen and oxygen atoms in total. The van der Waals surface area contributed by atoms with Crippen molar-refractivity contribution < 1.29 is 9.53 Å². The summed E-state index contributed by atoms with van der Waals surface area (Å²) in [4.78, 5) is 14.1. The minimum absolute atomic E-state index is 0.0341. The molecule has 1 amide bonds. The van der Waals surface area contributed by atoms with Crippen molar-refractivity contribution in [2.24, 2.45) is 5.41 Å². The van der Waals surface area contributed by atoms with E-state index < -0.39 is 5.41 Å². The first-order valence-electron chi connectivity index (χ1n) is 7.88. The predicted molar refractivity (Wildman–Crippen MR) is 93.7 cm³/mol. The Hall–Kier alpha value is -2.74. The van der Waals surface area contributed by atoms with E-state index in [0.29, 0.717) is 5.75 Å². The minimum atomic E-state index is -0.443. The summed E-state index contributed by atoms with van der Waals surface area (Å²) in [6.07, 6.45) is 0.853. The van der Waals surface area contributed by atoms with Gasteiger partial charge in [-0.3, -0.25) is 4.79 Å². The number of anilines is 1. The van der Waals surface area contributed by atoms with Crippen molar-refractivity contribution in [3.63, 3.8) is 0 Å². The molecule has 2 N–H and O–H groups in total. The van der Waals surface area contributed by atoms with E-state index in [2.05, 4.69) is 39.8 Å². The Kier molecular flexibility index (Phi) is 3.57. The fourth-order valence-electron chi connectivity index (χ4n) is 3.21. The second kappa shape index (κ2) is 5.66. The highest BCUT2D eigenvalue weighted by atomic mass is 32.1. The lowest BCUT2D eigenvalue weighted by atomic mass is 9.93. The normalized spacial score (nSPS) is 20.9. The van der Waals surface area contributed by atoms with Gasteiger partial charge in [-0.05, 0) is 52.8 Å². The van der Waals surface area contributed by atoms with Crippen LogP contribution in [0.15, 0.2) is 41.8 Å². The zero-order chi connectivity index (χ0) is 17.5. The van der Waals surface area contributed by atoms with Gasteiger partial charge < -0.3 is 10.1 Å². The average Bonchev–Trinajstić information content (AvgIpc) is 3.07. The Bertz CT molecular complexity index is 874. The van der Waals surface area contributed by atoms with Crippen LogP contribution in [-0.4, -0.2) is 26.5 Å². The molecule has 1 fully saturated rings. The van der Waals surface area contributed by atoms with Gasteiger partial charge in [0.25, 0.3) is 0 Å². The third kappa shape index (κ3) is 2.68. The molecule has 25 heavy (non-hydrogen) atoms. The number of carbonyl (C=O) groups is 1. The van der Waals surface area contributed by atoms with Gasteiger partial charge in [-0.2, -0.15) is 5.21 Å². The molecule has 0 bridgehead atoms. The molecule has 0 spiro atoms. The van der Waals surface area contributed by atoms with Gasteiger partial charge in [0, 0.05) is 10.6 Å². The van der Waals surface area contributed by atoms with Gasteiger partial charge in [-0.15, -0.1) is 11.3 Å². The van der Waals surface area contributed by atoms with Crippen LogP contribution in [0.1, 0.15) is 25.1 Å². The summed E-state index contributed by atoms with van der Waals surface area (Å²) in [6, 6.07) is 11.3. The molecular weight excluding hydrogens is 338 g/mol. The zero-order valence-corrected chi connectivity index (χ0v) is 14.6. The number of hydrogen-bond acceptors (Lipinski definition) is 6. The molecule has 0 saturated heterocycles. The summed E-state index contributed by atoms with van der Waals surface area (Å²) < 4.78 is 5.42. The number of aromatic amines is 1. The molecule has 8 heteroatoms. The largest absolute Gasteiger partial charge is 0.422 e. The Morgan fingerprint density at radius 2 is 2.04 bits per heavy atom. The fraction of sp³-hybridized carbons (Fsp3) is 0.294. The van der Waals surface area contributed by atoms with Crippen LogP contribution >= 0.6 is 11.3 Å². The summed E-state index contributed by atoms with van der Waals surface area (Å²) in [7, 11) is 0. The van der Waals surface area contributed by atoms with Crippen molar-refractivity contribution in [3.05, 3.63) is 46.7 Å². The van der Waals surface area contributed by atoms with Crippen molar-refractivity contribution >= 4 is 22.9 Å². The lowest BCUT2D eigenvalue weighted by molar-refractivity contribution is -0.119. The number of hydrogen-bond donors (Lipinski definition) is 2. The first-order chi connectivity index (χ1) is 12.0. The van der Waals surface area contributed by atoms with Gasteiger partial charge in [0.15, 0.2) is 0 Å². The second-order valence-corrected chi connectivity index (χ2v) is 7.67. The molecule has 2 heterocycles. The highest BCUT2D eigenvalue weighted by Crippen LogP contribution is 2.65. The Labute approximate surface area is 148 Å². The summed E-state index contributed by atoms with van der Waals surface area (Å²) in [5.41, 5.74) is 0.244. The Balaban J connectivity index is 1.49. The first-order valence-corrected chi connectivity index (χ1v) is 8.76. The van der Waals surface area contributed by atoms with Gasteiger partial charge in [-0.1, -0.05) is 30.1 Å². The van der Waals surface area contributed by atoms with E-state index in [-0.39, 0.29) is 17.3 Å². The van der Waals surface area contributed by atoms with E-state index in [1.165, 1.54) is 0 Å². The molecule has 128 valence electrons. The van der Waals surface area contributed by atoms with E-state index in [0.717, 1.165) is 17.0 Å². The second-order valence-electron chi connectivity index (χ2n) is 6.72. The molecule has 1 saturated carbocycles.